The Labute approximate surface area is 188 Å². The van der Waals surface area contributed by atoms with E-state index in [9.17, 15) is 10.2 Å². The molecule has 0 radical (unpaired) electrons. The number of nitrogens with zero attached hydrogens (tertiary/aromatic N) is 4. The Bertz CT molecular complexity index is 1030. The van der Waals surface area contributed by atoms with E-state index in [1.54, 1.807) is 38.6 Å². The van der Waals surface area contributed by atoms with Gasteiger partial charge in [-0.15, -0.1) is 0 Å². The van der Waals surface area contributed by atoms with Crippen molar-refractivity contribution in [3.05, 3.63) is 30.1 Å². The molecular weight excluding hydrogens is 408 g/mol. The van der Waals surface area contributed by atoms with Gasteiger partial charge in [0.2, 0.25) is 5.95 Å². The quantitative estimate of drug-likeness (QED) is 0.351. The number of methoxy groups -OCH3 is 1. The summed E-state index contributed by atoms with van der Waals surface area (Å²) in [6, 6.07) is 5.20. The van der Waals surface area contributed by atoms with Crippen LogP contribution in [0, 0.1) is 0 Å². The number of phenols is 1. The summed E-state index contributed by atoms with van der Waals surface area (Å²) in [7, 11) is 1.59. The molecule has 4 N–H and O–H groups in total. The first-order chi connectivity index (χ1) is 15.4. The Hall–Kier alpha value is -3.07. The average Bonchev–Trinajstić information content (AvgIpc) is 3.21. The van der Waals surface area contributed by atoms with E-state index >= 15 is 0 Å². The van der Waals surface area contributed by atoms with Gasteiger partial charge in [0.15, 0.2) is 17.0 Å². The minimum absolute atomic E-state index is 0.171. The number of benzene rings is 1. The van der Waals surface area contributed by atoms with E-state index < -0.39 is 6.10 Å². The Kier molecular flexibility index (Phi) is 7.74. The molecule has 2 atom stereocenters. The highest BCUT2D eigenvalue weighted by Gasteiger charge is 2.20. The molecule has 0 spiro atoms. The van der Waals surface area contributed by atoms with Gasteiger partial charge in [0, 0.05) is 18.2 Å². The number of ether oxygens (including phenoxy) is 1. The molecule has 0 saturated heterocycles. The van der Waals surface area contributed by atoms with E-state index in [0.29, 0.717) is 35.1 Å². The summed E-state index contributed by atoms with van der Waals surface area (Å²) < 4.78 is 7.35. The fourth-order valence-electron chi connectivity index (χ4n) is 3.79. The zero-order valence-electron chi connectivity index (χ0n) is 19.5. The lowest BCUT2D eigenvalue weighted by atomic mass is 10.1. The number of rotatable bonds is 11. The van der Waals surface area contributed by atoms with Crippen molar-refractivity contribution in [3.8, 4) is 11.5 Å². The monoisotopic (exact) mass is 442 g/mol. The first kappa shape index (κ1) is 23.6. The standard InChI is InChI=1S/C23H34N6O3/c1-6-16(7-2)29-13-25-20-21(24-12-15-11-17(32-5)9-10-19(15)31)27-23(28-22(20)29)26-18(8-3)14(4)30/h9-11,13-14,16,18,30-31H,6-8,12H2,1-5H3,(H2,24,26,27,28). The molecule has 0 aliphatic rings. The third-order valence-electron chi connectivity index (χ3n) is 5.83. The molecule has 3 aromatic rings. The van der Waals surface area contributed by atoms with Crippen molar-refractivity contribution >= 4 is 22.9 Å². The van der Waals surface area contributed by atoms with Crippen molar-refractivity contribution in [2.75, 3.05) is 17.7 Å². The number of anilines is 2. The molecule has 0 aliphatic heterocycles. The first-order valence-electron chi connectivity index (χ1n) is 11.2. The van der Waals surface area contributed by atoms with E-state index in [1.807, 2.05) is 6.92 Å². The molecule has 0 amide bonds. The van der Waals surface area contributed by atoms with Gasteiger partial charge in [-0.3, -0.25) is 0 Å². The van der Waals surface area contributed by atoms with Crippen LogP contribution >= 0.6 is 0 Å². The molecule has 2 heterocycles. The molecule has 2 unspecified atom stereocenters. The molecule has 0 aliphatic carbocycles. The fraction of sp³-hybridized carbons (Fsp3) is 0.522. The summed E-state index contributed by atoms with van der Waals surface area (Å²) in [6.07, 6.45) is 3.90. The van der Waals surface area contributed by atoms with Crippen LogP contribution in [-0.4, -0.2) is 49.0 Å². The van der Waals surface area contributed by atoms with Crippen LogP contribution in [0.1, 0.15) is 58.6 Å². The largest absolute Gasteiger partial charge is 0.508 e. The predicted octanol–water partition coefficient (Wildman–Crippen LogP) is 4.09. The molecule has 32 heavy (non-hydrogen) atoms. The molecule has 0 bridgehead atoms. The highest BCUT2D eigenvalue weighted by Crippen LogP contribution is 2.28. The molecule has 2 aromatic heterocycles. The Morgan fingerprint density at radius 3 is 2.50 bits per heavy atom. The number of hydrogen-bond acceptors (Lipinski definition) is 8. The van der Waals surface area contributed by atoms with E-state index in [-0.39, 0.29) is 17.8 Å². The topological polar surface area (TPSA) is 117 Å². The second-order valence-corrected chi connectivity index (χ2v) is 7.94. The summed E-state index contributed by atoms with van der Waals surface area (Å²) in [4.78, 5) is 14.0. The van der Waals surface area contributed by atoms with Crippen LogP contribution in [0.25, 0.3) is 11.2 Å². The minimum atomic E-state index is -0.548. The van der Waals surface area contributed by atoms with Gasteiger partial charge in [-0.1, -0.05) is 20.8 Å². The Morgan fingerprint density at radius 2 is 1.88 bits per heavy atom. The van der Waals surface area contributed by atoms with Crippen LogP contribution in [0.3, 0.4) is 0 Å². The third kappa shape index (κ3) is 5.04. The number of nitrogens with one attached hydrogen (secondary N) is 2. The molecule has 0 saturated carbocycles. The minimum Gasteiger partial charge on any atom is -0.508 e. The molecule has 3 rings (SSSR count). The summed E-state index contributed by atoms with van der Waals surface area (Å²) in [5, 5.41) is 26.9. The van der Waals surface area contributed by atoms with E-state index in [4.69, 9.17) is 9.72 Å². The second kappa shape index (κ2) is 10.5. The van der Waals surface area contributed by atoms with Crippen LogP contribution in [-0.2, 0) is 6.54 Å². The number of hydrogen-bond donors (Lipinski definition) is 4. The Balaban J connectivity index is 2.01. The lowest BCUT2D eigenvalue weighted by Gasteiger charge is -2.21. The number of imidazole rings is 1. The average molecular weight is 443 g/mol. The summed E-state index contributed by atoms with van der Waals surface area (Å²) in [5.74, 6) is 1.82. The van der Waals surface area contributed by atoms with Crippen LogP contribution in [0.2, 0.25) is 0 Å². The summed E-state index contributed by atoms with van der Waals surface area (Å²) in [5.41, 5.74) is 2.07. The lowest BCUT2D eigenvalue weighted by Crippen LogP contribution is -2.31. The van der Waals surface area contributed by atoms with Crippen molar-refractivity contribution in [2.45, 2.75) is 71.7 Å². The normalized spacial score (nSPS) is 13.3. The number of fused-ring (bicyclic) bond motifs is 1. The van der Waals surface area contributed by atoms with Crippen LogP contribution in [0.15, 0.2) is 24.5 Å². The Morgan fingerprint density at radius 1 is 1.12 bits per heavy atom. The zero-order valence-corrected chi connectivity index (χ0v) is 19.5. The first-order valence-corrected chi connectivity index (χ1v) is 11.2. The van der Waals surface area contributed by atoms with Crippen molar-refractivity contribution < 1.29 is 14.9 Å². The van der Waals surface area contributed by atoms with Gasteiger partial charge in [-0.2, -0.15) is 9.97 Å². The number of phenolic OH excluding ortho intramolecular Hbond substituents is 1. The van der Waals surface area contributed by atoms with E-state index in [0.717, 1.165) is 24.9 Å². The van der Waals surface area contributed by atoms with Gasteiger partial charge in [0.25, 0.3) is 0 Å². The van der Waals surface area contributed by atoms with Gasteiger partial charge in [-0.05, 0) is 44.4 Å². The van der Waals surface area contributed by atoms with Crippen molar-refractivity contribution in [3.63, 3.8) is 0 Å². The van der Waals surface area contributed by atoms with Gasteiger partial charge in [-0.25, -0.2) is 4.98 Å². The third-order valence-corrected chi connectivity index (χ3v) is 5.83. The zero-order chi connectivity index (χ0) is 23.3. The molecule has 9 heteroatoms. The molecule has 1 aromatic carbocycles. The number of aromatic hydroxyl groups is 1. The smallest absolute Gasteiger partial charge is 0.227 e. The second-order valence-electron chi connectivity index (χ2n) is 7.94. The van der Waals surface area contributed by atoms with Crippen molar-refractivity contribution in [1.82, 2.24) is 19.5 Å². The van der Waals surface area contributed by atoms with Crippen molar-refractivity contribution in [1.29, 1.82) is 0 Å². The lowest BCUT2D eigenvalue weighted by molar-refractivity contribution is 0.169. The van der Waals surface area contributed by atoms with E-state index in [1.165, 1.54) is 0 Å². The predicted molar refractivity (Wildman–Crippen MR) is 126 cm³/mol. The number of aliphatic hydroxyl groups is 1. The molecule has 174 valence electrons. The van der Waals surface area contributed by atoms with Crippen molar-refractivity contribution in [2.24, 2.45) is 0 Å². The molecular formula is C23H34N6O3. The highest BCUT2D eigenvalue weighted by molar-refractivity contribution is 5.84. The van der Waals surface area contributed by atoms with Gasteiger partial charge >= 0.3 is 0 Å². The maximum atomic E-state index is 10.2. The fourth-order valence-corrected chi connectivity index (χ4v) is 3.79. The van der Waals surface area contributed by atoms with Crippen LogP contribution in [0.5, 0.6) is 11.5 Å². The molecule has 9 nitrogen and oxygen atoms in total. The summed E-state index contributed by atoms with van der Waals surface area (Å²) in [6.45, 7) is 8.37. The molecule has 0 fully saturated rings. The SMILES string of the molecule is CCC(Nc1nc(NCc2cc(OC)ccc2O)c2ncn(C(CC)CC)c2n1)C(C)O. The van der Waals surface area contributed by atoms with Crippen LogP contribution in [0.4, 0.5) is 11.8 Å². The van der Waals surface area contributed by atoms with Gasteiger partial charge < -0.3 is 30.2 Å². The van der Waals surface area contributed by atoms with Gasteiger partial charge in [0.05, 0.1) is 25.6 Å². The highest BCUT2D eigenvalue weighted by atomic mass is 16.5. The number of aromatic nitrogens is 4. The van der Waals surface area contributed by atoms with Gasteiger partial charge in [0.1, 0.15) is 11.5 Å². The number of aliphatic hydroxyl groups excluding tert-OH is 1. The van der Waals surface area contributed by atoms with E-state index in [2.05, 4.69) is 39.0 Å². The van der Waals surface area contributed by atoms with Crippen LogP contribution < -0.4 is 15.4 Å². The maximum Gasteiger partial charge on any atom is 0.227 e. The summed E-state index contributed by atoms with van der Waals surface area (Å²) >= 11 is 0. The maximum absolute atomic E-state index is 10.2.